The predicted molar refractivity (Wildman–Crippen MR) is 66.7 cm³/mol. The van der Waals surface area contributed by atoms with E-state index in [1.165, 1.54) is 16.9 Å². The van der Waals surface area contributed by atoms with Gasteiger partial charge in [0.2, 0.25) is 0 Å². The minimum Gasteiger partial charge on any atom is -0.385 e. The highest BCUT2D eigenvalue weighted by Crippen LogP contribution is 2.11. The molecule has 0 fully saturated rings. The Labute approximate surface area is 95.9 Å². The van der Waals surface area contributed by atoms with E-state index in [0.29, 0.717) is 0 Å². The molecule has 0 aliphatic rings. The number of anilines is 1. The Hall–Kier alpha value is -1.77. The van der Waals surface area contributed by atoms with Crippen LogP contribution in [-0.4, -0.2) is 16.7 Å². The molecule has 0 aliphatic heterocycles. The second kappa shape index (κ2) is 4.84. The van der Waals surface area contributed by atoms with E-state index < -0.39 is 0 Å². The van der Waals surface area contributed by atoms with Crippen molar-refractivity contribution in [1.29, 1.82) is 0 Å². The molecule has 0 bridgehead atoms. The summed E-state index contributed by atoms with van der Waals surface area (Å²) in [7, 11) is 0. The molecular weight excluding hydrogens is 198 g/mol. The molecule has 3 nitrogen and oxygen atoms in total. The van der Waals surface area contributed by atoms with Gasteiger partial charge >= 0.3 is 0 Å². The maximum absolute atomic E-state index is 4.19. The van der Waals surface area contributed by atoms with Gasteiger partial charge < -0.3 is 5.32 Å². The fourth-order valence-electron chi connectivity index (χ4n) is 1.83. The Bertz CT molecular complexity index is 426. The van der Waals surface area contributed by atoms with Crippen molar-refractivity contribution in [3.05, 3.63) is 47.3 Å². The number of hydrogen-bond donors (Lipinski definition) is 2. The highest BCUT2D eigenvalue weighted by Gasteiger charge is 2.04. The number of hydrogen-bond acceptors (Lipinski definition) is 2. The van der Waals surface area contributed by atoms with E-state index in [9.17, 15) is 0 Å². The van der Waals surface area contributed by atoms with E-state index in [-0.39, 0.29) is 0 Å². The average molecular weight is 215 g/mol. The molecule has 1 aromatic carbocycles. The number of nitrogens with one attached hydrogen (secondary N) is 2. The van der Waals surface area contributed by atoms with E-state index >= 15 is 0 Å². The molecule has 0 saturated heterocycles. The van der Waals surface area contributed by atoms with Gasteiger partial charge in [0.15, 0.2) is 0 Å². The monoisotopic (exact) mass is 215 g/mol. The highest BCUT2D eigenvalue weighted by molar-refractivity contribution is 5.42. The van der Waals surface area contributed by atoms with Gasteiger partial charge in [0.25, 0.3) is 0 Å². The molecule has 0 unspecified atom stereocenters. The summed E-state index contributed by atoms with van der Waals surface area (Å²) < 4.78 is 0. The molecule has 2 N–H and O–H groups in total. The van der Waals surface area contributed by atoms with Gasteiger partial charge in [-0.2, -0.15) is 5.10 Å². The summed E-state index contributed by atoms with van der Waals surface area (Å²) in [6, 6.07) is 10.3. The SMILES string of the molecule is Cc1n[nH]c(C)c1CCNc1ccccc1. The Morgan fingerprint density at radius 3 is 2.56 bits per heavy atom. The van der Waals surface area contributed by atoms with Gasteiger partial charge in [-0.25, -0.2) is 0 Å². The molecule has 2 rings (SSSR count). The van der Waals surface area contributed by atoms with Gasteiger partial charge in [0.05, 0.1) is 5.69 Å². The molecule has 1 aromatic heterocycles. The molecule has 3 heteroatoms. The summed E-state index contributed by atoms with van der Waals surface area (Å²) in [5, 5.41) is 10.6. The molecule has 0 aliphatic carbocycles. The Morgan fingerprint density at radius 1 is 1.19 bits per heavy atom. The number of aromatic nitrogens is 2. The number of benzene rings is 1. The van der Waals surface area contributed by atoms with Crippen LogP contribution in [-0.2, 0) is 6.42 Å². The molecule has 16 heavy (non-hydrogen) atoms. The van der Waals surface area contributed by atoms with Crippen molar-refractivity contribution < 1.29 is 0 Å². The van der Waals surface area contributed by atoms with Crippen molar-refractivity contribution in [2.75, 3.05) is 11.9 Å². The minimum atomic E-state index is 0.936. The van der Waals surface area contributed by atoms with E-state index in [4.69, 9.17) is 0 Å². The van der Waals surface area contributed by atoms with E-state index in [0.717, 1.165) is 18.7 Å². The summed E-state index contributed by atoms with van der Waals surface area (Å²) in [4.78, 5) is 0. The largest absolute Gasteiger partial charge is 0.385 e. The van der Waals surface area contributed by atoms with Crippen molar-refractivity contribution >= 4 is 5.69 Å². The van der Waals surface area contributed by atoms with E-state index in [1.54, 1.807) is 0 Å². The molecule has 0 spiro atoms. The second-order valence-electron chi connectivity index (χ2n) is 3.96. The number of para-hydroxylation sites is 1. The molecule has 0 atom stereocenters. The van der Waals surface area contributed by atoms with Crippen LogP contribution < -0.4 is 5.32 Å². The van der Waals surface area contributed by atoms with Crippen LogP contribution in [0.3, 0.4) is 0 Å². The Morgan fingerprint density at radius 2 is 1.94 bits per heavy atom. The molecule has 2 aromatic rings. The zero-order chi connectivity index (χ0) is 11.4. The third-order valence-corrected chi connectivity index (χ3v) is 2.76. The van der Waals surface area contributed by atoms with Crippen LogP contribution in [0.5, 0.6) is 0 Å². The fraction of sp³-hybridized carbons (Fsp3) is 0.308. The smallest absolute Gasteiger partial charge is 0.0626 e. The Balaban J connectivity index is 1.89. The minimum absolute atomic E-state index is 0.936. The van der Waals surface area contributed by atoms with Crippen LogP contribution in [0.25, 0.3) is 0 Å². The van der Waals surface area contributed by atoms with Crippen molar-refractivity contribution in [2.45, 2.75) is 20.3 Å². The van der Waals surface area contributed by atoms with E-state index in [1.807, 2.05) is 25.1 Å². The lowest BCUT2D eigenvalue weighted by Crippen LogP contribution is -2.05. The van der Waals surface area contributed by atoms with Crippen LogP contribution in [0, 0.1) is 13.8 Å². The topological polar surface area (TPSA) is 40.7 Å². The lowest BCUT2D eigenvalue weighted by Gasteiger charge is -2.06. The van der Waals surface area contributed by atoms with Gasteiger partial charge in [-0.1, -0.05) is 18.2 Å². The molecule has 0 amide bonds. The molecule has 0 saturated carbocycles. The van der Waals surface area contributed by atoms with Gasteiger partial charge in [-0.15, -0.1) is 0 Å². The predicted octanol–water partition coefficient (Wildman–Crippen LogP) is 2.68. The second-order valence-corrected chi connectivity index (χ2v) is 3.96. The van der Waals surface area contributed by atoms with Crippen LogP contribution in [0.15, 0.2) is 30.3 Å². The van der Waals surface area contributed by atoms with Gasteiger partial charge in [0.1, 0.15) is 0 Å². The molecule has 0 radical (unpaired) electrons. The van der Waals surface area contributed by atoms with Gasteiger partial charge in [0, 0.05) is 17.9 Å². The van der Waals surface area contributed by atoms with Crippen molar-refractivity contribution in [3.63, 3.8) is 0 Å². The first-order valence-electron chi connectivity index (χ1n) is 5.57. The lowest BCUT2D eigenvalue weighted by molar-refractivity contribution is 0.993. The normalized spacial score (nSPS) is 10.4. The maximum Gasteiger partial charge on any atom is 0.0626 e. The van der Waals surface area contributed by atoms with Crippen molar-refractivity contribution in [3.8, 4) is 0 Å². The van der Waals surface area contributed by atoms with Crippen molar-refractivity contribution in [1.82, 2.24) is 10.2 Å². The lowest BCUT2D eigenvalue weighted by atomic mass is 10.1. The standard InChI is InChI=1S/C13H17N3/c1-10-13(11(2)16-15-10)8-9-14-12-6-4-3-5-7-12/h3-7,14H,8-9H2,1-2H3,(H,15,16). The summed E-state index contributed by atoms with van der Waals surface area (Å²) in [5.41, 5.74) is 4.77. The number of aryl methyl sites for hydroxylation is 2. The third kappa shape index (κ3) is 2.42. The summed E-state index contributed by atoms with van der Waals surface area (Å²) >= 11 is 0. The maximum atomic E-state index is 4.19. The van der Waals surface area contributed by atoms with Crippen molar-refractivity contribution in [2.24, 2.45) is 0 Å². The molecule has 84 valence electrons. The van der Waals surface area contributed by atoms with Crippen LogP contribution >= 0.6 is 0 Å². The number of aromatic amines is 1. The zero-order valence-corrected chi connectivity index (χ0v) is 9.75. The first-order chi connectivity index (χ1) is 7.77. The zero-order valence-electron chi connectivity index (χ0n) is 9.75. The van der Waals surface area contributed by atoms with Gasteiger partial charge in [-0.05, 0) is 38.0 Å². The van der Waals surface area contributed by atoms with Crippen LogP contribution in [0.2, 0.25) is 0 Å². The summed E-state index contributed by atoms with van der Waals surface area (Å²) in [5.74, 6) is 0. The highest BCUT2D eigenvalue weighted by atomic mass is 15.1. The molecular formula is C13H17N3. The van der Waals surface area contributed by atoms with Gasteiger partial charge in [-0.3, -0.25) is 5.10 Å². The average Bonchev–Trinajstić information content (AvgIpc) is 2.62. The first-order valence-corrected chi connectivity index (χ1v) is 5.57. The fourth-order valence-corrected chi connectivity index (χ4v) is 1.83. The molecule has 1 heterocycles. The first kappa shape index (κ1) is 10.7. The van der Waals surface area contributed by atoms with Crippen LogP contribution in [0.4, 0.5) is 5.69 Å². The summed E-state index contributed by atoms with van der Waals surface area (Å²) in [6.45, 7) is 5.05. The number of rotatable bonds is 4. The number of H-pyrrole nitrogens is 1. The third-order valence-electron chi connectivity index (χ3n) is 2.76. The quantitative estimate of drug-likeness (QED) is 0.823. The number of nitrogens with zero attached hydrogens (tertiary/aromatic N) is 1. The Kier molecular flexibility index (Phi) is 3.25. The summed E-state index contributed by atoms with van der Waals surface area (Å²) in [6.07, 6.45) is 1.00. The van der Waals surface area contributed by atoms with Crippen LogP contribution in [0.1, 0.15) is 17.0 Å². The van der Waals surface area contributed by atoms with E-state index in [2.05, 4.69) is 34.6 Å².